The van der Waals surface area contributed by atoms with Crippen LogP contribution in [-0.4, -0.2) is 10.8 Å². The van der Waals surface area contributed by atoms with Crippen molar-refractivity contribution in [2.75, 3.05) is 0 Å². The van der Waals surface area contributed by atoms with Crippen LogP contribution in [-0.2, 0) is 24.3 Å². The second-order valence-corrected chi connectivity index (χ2v) is 7.41. The molecule has 0 saturated carbocycles. The smallest absolute Gasteiger partial charge is 0.227 e. The molecule has 6 heteroatoms. The molecule has 0 aliphatic carbocycles. The summed E-state index contributed by atoms with van der Waals surface area (Å²) in [5, 5.41) is 2.12. The Labute approximate surface area is 172 Å². The van der Waals surface area contributed by atoms with Crippen LogP contribution in [0.25, 0.3) is 11.0 Å². The highest BCUT2D eigenvalue weighted by Crippen LogP contribution is 2.26. The summed E-state index contributed by atoms with van der Waals surface area (Å²) >= 11 is 12.1. The maximum atomic E-state index is 13.1. The van der Waals surface area contributed by atoms with E-state index in [1.165, 1.54) is 0 Å². The summed E-state index contributed by atoms with van der Waals surface area (Å²) in [7, 11) is 0. The van der Waals surface area contributed by atoms with Crippen molar-refractivity contribution in [2.24, 2.45) is 0 Å². The number of rotatable bonds is 6. The molecule has 0 atom stereocenters. The molecule has 0 spiro atoms. The van der Waals surface area contributed by atoms with Crippen LogP contribution in [0.3, 0.4) is 0 Å². The molecule has 28 heavy (non-hydrogen) atoms. The zero-order valence-corrected chi connectivity index (χ0v) is 16.4. The Morgan fingerprint density at radius 3 is 2.46 bits per heavy atom. The van der Waals surface area contributed by atoms with E-state index in [0.29, 0.717) is 28.7 Å². The van der Waals surface area contributed by atoms with Gasteiger partial charge in [-0.25, -0.2) is 0 Å². The minimum atomic E-state index is -0.0333. The second kappa shape index (κ2) is 8.13. The van der Waals surface area contributed by atoms with E-state index in [-0.39, 0.29) is 12.3 Å². The van der Waals surface area contributed by atoms with Gasteiger partial charge in [-0.1, -0.05) is 35.3 Å². The van der Waals surface area contributed by atoms with Crippen LogP contribution < -0.4 is 0 Å². The molecule has 0 aliphatic rings. The molecule has 0 saturated heterocycles. The van der Waals surface area contributed by atoms with Gasteiger partial charge in [0.1, 0.15) is 11.3 Å². The average Bonchev–Trinajstić information content (AvgIpc) is 3.33. The van der Waals surface area contributed by atoms with Crippen LogP contribution in [0.15, 0.2) is 76.0 Å². The van der Waals surface area contributed by atoms with Crippen LogP contribution >= 0.6 is 23.2 Å². The number of hydrogen-bond acceptors (Lipinski definition) is 3. The first-order valence-corrected chi connectivity index (χ1v) is 9.54. The molecule has 2 aromatic heterocycles. The summed E-state index contributed by atoms with van der Waals surface area (Å²) in [6, 6.07) is 16.5. The van der Waals surface area contributed by atoms with E-state index in [1.807, 2.05) is 42.5 Å². The molecule has 0 radical (unpaired) electrons. The fraction of sp³-hybridized carbons (Fsp3) is 0.136. The Bertz CT molecular complexity index is 1080. The Morgan fingerprint density at radius 2 is 1.71 bits per heavy atom. The van der Waals surface area contributed by atoms with E-state index >= 15 is 0 Å². The van der Waals surface area contributed by atoms with Crippen molar-refractivity contribution in [1.29, 1.82) is 0 Å². The summed E-state index contributed by atoms with van der Waals surface area (Å²) in [5.41, 5.74) is 2.51. The lowest BCUT2D eigenvalue weighted by atomic mass is 10.1. The standard InChI is InChI=1S/C22H17Cl2NO3/c23-17-5-3-15(4-6-17)12-25(13-19-2-1-9-27-19)22(26)10-16-14-28-21-8-7-18(24)11-20(16)21/h1-9,11,14H,10,12-13H2. The second-order valence-electron chi connectivity index (χ2n) is 6.53. The largest absolute Gasteiger partial charge is 0.467 e. The molecule has 2 heterocycles. The van der Waals surface area contributed by atoms with Crippen molar-refractivity contribution >= 4 is 40.1 Å². The third kappa shape index (κ3) is 4.24. The molecule has 142 valence electrons. The van der Waals surface area contributed by atoms with Gasteiger partial charge in [0.2, 0.25) is 5.91 Å². The van der Waals surface area contributed by atoms with E-state index in [1.54, 1.807) is 29.6 Å². The van der Waals surface area contributed by atoms with Crippen molar-refractivity contribution in [3.05, 3.63) is 94.1 Å². The number of furan rings is 2. The maximum absolute atomic E-state index is 13.1. The van der Waals surface area contributed by atoms with Gasteiger partial charge in [-0.2, -0.15) is 0 Å². The number of fused-ring (bicyclic) bond motifs is 1. The predicted molar refractivity (Wildman–Crippen MR) is 109 cm³/mol. The van der Waals surface area contributed by atoms with E-state index in [4.69, 9.17) is 32.0 Å². The van der Waals surface area contributed by atoms with Crippen molar-refractivity contribution in [1.82, 2.24) is 4.90 Å². The van der Waals surface area contributed by atoms with E-state index < -0.39 is 0 Å². The molecular weight excluding hydrogens is 397 g/mol. The van der Waals surface area contributed by atoms with Gasteiger partial charge >= 0.3 is 0 Å². The number of carbonyl (C=O) groups excluding carboxylic acids is 1. The predicted octanol–water partition coefficient (Wildman–Crippen LogP) is 6.10. The van der Waals surface area contributed by atoms with Gasteiger partial charge in [0.25, 0.3) is 0 Å². The quantitative estimate of drug-likeness (QED) is 0.383. The number of carbonyl (C=O) groups is 1. The summed E-state index contributed by atoms with van der Waals surface area (Å²) in [6.45, 7) is 0.832. The Balaban J connectivity index is 1.58. The summed E-state index contributed by atoms with van der Waals surface area (Å²) in [5.74, 6) is 0.691. The lowest BCUT2D eigenvalue weighted by Gasteiger charge is -2.22. The number of hydrogen-bond donors (Lipinski definition) is 0. The van der Waals surface area contributed by atoms with E-state index in [0.717, 1.165) is 22.3 Å². The number of halogens is 2. The molecule has 4 rings (SSSR count). The molecule has 0 fully saturated rings. The van der Waals surface area contributed by atoms with Gasteiger partial charge < -0.3 is 13.7 Å². The monoisotopic (exact) mass is 413 g/mol. The minimum absolute atomic E-state index is 0.0333. The Hall–Kier alpha value is -2.69. The number of amides is 1. The van der Waals surface area contributed by atoms with Crippen LogP contribution in [0, 0.1) is 0 Å². The molecule has 0 N–H and O–H groups in total. The van der Waals surface area contributed by atoms with Crippen molar-refractivity contribution in [3.63, 3.8) is 0 Å². The van der Waals surface area contributed by atoms with Crippen LogP contribution in [0.2, 0.25) is 10.0 Å². The molecular formula is C22H17Cl2NO3. The summed E-state index contributed by atoms with van der Waals surface area (Å²) in [6.07, 6.45) is 3.43. The summed E-state index contributed by atoms with van der Waals surface area (Å²) in [4.78, 5) is 14.9. The van der Waals surface area contributed by atoms with Crippen LogP contribution in [0.1, 0.15) is 16.9 Å². The topological polar surface area (TPSA) is 46.6 Å². The fourth-order valence-electron chi connectivity index (χ4n) is 3.10. The van der Waals surface area contributed by atoms with Gasteiger partial charge in [0, 0.05) is 27.5 Å². The fourth-order valence-corrected chi connectivity index (χ4v) is 3.40. The maximum Gasteiger partial charge on any atom is 0.227 e. The number of benzene rings is 2. The Morgan fingerprint density at radius 1 is 0.929 bits per heavy atom. The lowest BCUT2D eigenvalue weighted by Crippen LogP contribution is -2.31. The highest BCUT2D eigenvalue weighted by atomic mass is 35.5. The van der Waals surface area contributed by atoms with Gasteiger partial charge in [0.05, 0.1) is 25.5 Å². The molecule has 2 aromatic carbocycles. The molecule has 4 nitrogen and oxygen atoms in total. The normalized spacial score (nSPS) is 11.1. The minimum Gasteiger partial charge on any atom is -0.467 e. The van der Waals surface area contributed by atoms with Gasteiger partial charge in [-0.15, -0.1) is 0 Å². The number of nitrogens with zero attached hydrogens (tertiary/aromatic N) is 1. The van der Waals surface area contributed by atoms with E-state index in [2.05, 4.69) is 0 Å². The first kappa shape index (κ1) is 18.7. The zero-order chi connectivity index (χ0) is 19.5. The Kier molecular flexibility index (Phi) is 5.42. The highest BCUT2D eigenvalue weighted by molar-refractivity contribution is 6.31. The molecule has 0 unspecified atom stereocenters. The average molecular weight is 414 g/mol. The molecule has 0 bridgehead atoms. The summed E-state index contributed by atoms with van der Waals surface area (Å²) < 4.78 is 11.0. The third-order valence-corrected chi connectivity index (χ3v) is 5.01. The molecule has 1 amide bonds. The van der Waals surface area contributed by atoms with Crippen molar-refractivity contribution in [2.45, 2.75) is 19.5 Å². The van der Waals surface area contributed by atoms with Crippen LogP contribution in [0.4, 0.5) is 0 Å². The third-order valence-electron chi connectivity index (χ3n) is 4.52. The first-order chi connectivity index (χ1) is 13.6. The lowest BCUT2D eigenvalue weighted by molar-refractivity contribution is -0.132. The highest BCUT2D eigenvalue weighted by Gasteiger charge is 2.19. The van der Waals surface area contributed by atoms with Crippen molar-refractivity contribution < 1.29 is 13.6 Å². The first-order valence-electron chi connectivity index (χ1n) is 8.79. The SMILES string of the molecule is O=C(Cc1coc2ccc(Cl)cc12)N(Cc1ccc(Cl)cc1)Cc1ccco1. The van der Waals surface area contributed by atoms with Gasteiger partial charge in [-0.05, 0) is 48.0 Å². The molecule has 0 aliphatic heterocycles. The molecule has 4 aromatic rings. The van der Waals surface area contributed by atoms with E-state index in [9.17, 15) is 4.79 Å². The van der Waals surface area contributed by atoms with Crippen molar-refractivity contribution in [3.8, 4) is 0 Å². The van der Waals surface area contributed by atoms with Gasteiger partial charge in [0.15, 0.2) is 0 Å². The van der Waals surface area contributed by atoms with Crippen LogP contribution in [0.5, 0.6) is 0 Å². The zero-order valence-electron chi connectivity index (χ0n) is 14.9. The van der Waals surface area contributed by atoms with Gasteiger partial charge in [-0.3, -0.25) is 4.79 Å².